The number of nitrogens with zero attached hydrogens (tertiary/aromatic N) is 2. The van der Waals surface area contributed by atoms with Gasteiger partial charge >= 0.3 is 12.1 Å². The zero-order chi connectivity index (χ0) is 27.2. The first-order valence-corrected chi connectivity index (χ1v) is 12.6. The van der Waals surface area contributed by atoms with Gasteiger partial charge in [0.2, 0.25) is 5.91 Å². The zero-order valence-corrected chi connectivity index (χ0v) is 22.5. The lowest BCUT2D eigenvalue weighted by molar-refractivity contribution is -0.148. The molecule has 2 aromatic rings. The van der Waals surface area contributed by atoms with Crippen molar-refractivity contribution in [1.29, 1.82) is 0 Å². The molecule has 0 radical (unpaired) electrons. The van der Waals surface area contributed by atoms with Crippen molar-refractivity contribution in [3.8, 4) is 11.1 Å². The largest absolute Gasteiger partial charge is 0.461 e. The van der Waals surface area contributed by atoms with Crippen molar-refractivity contribution in [2.45, 2.75) is 45.6 Å². The Bertz CT molecular complexity index is 1090. The lowest BCUT2D eigenvalue weighted by atomic mass is 9.92. The van der Waals surface area contributed by atoms with E-state index in [2.05, 4.69) is 39.5 Å². The minimum absolute atomic E-state index is 0.0334. The van der Waals surface area contributed by atoms with Crippen LogP contribution in [0.1, 0.15) is 50.7 Å². The van der Waals surface area contributed by atoms with Gasteiger partial charge < -0.3 is 14.4 Å². The number of ether oxygens (including phenoxy) is 2. The first kappa shape index (κ1) is 28.0. The molecule has 0 bridgehead atoms. The predicted molar refractivity (Wildman–Crippen MR) is 144 cm³/mol. The minimum Gasteiger partial charge on any atom is -0.461 e. The minimum atomic E-state index is -1.04. The normalized spacial score (nSPS) is 13.2. The maximum absolute atomic E-state index is 13.4. The van der Waals surface area contributed by atoms with E-state index < -0.39 is 18.1 Å². The number of rotatable bonds is 10. The lowest BCUT2D eigenvalue weighted by Gasteiger charge is -2.31. The molecule has 0 aliphatic heterocycles. The van der Waals surface area contributed by atoms with E-state index in [1.807, 2.05) is 36.4 Å². The summed E-state index contributed by atoms with van der Waals surface area (Å²) in [5, 5.41) is 0. The highest BCUT2D eigenvalue weighted by molar-refractivity contribution is 5.89. The fourth-order valence-electron chi connectivity index (χ4n) is 4.45. The van der Waals surface area contributed by atoms with Gasteiger partial charge in [0.05, 0.1) is 6.42 Å². The third-order valence-corrected chi connectivity index (χ3v) is 6.67. The van der Waals surface area contributed by atoms with Crippen LogP contribution >= 0.6 is 0 Å². The van der Waals surface area contributed by atoms with Crippen LogP contribution in [0.25, 0.3) is 11.1 Å². The number of hydrogen-bond donors (Lipinski definition) is 0. The van der Waals surface area contributed by atoms with E-state index in [9.17, 15) is 14.4 Å². The van der Waals surface area contributed by atoms with Crippen molar-refractivity contribution in [1.82, 2.24) is 9.80 Å². The molecule has 1 aliphatic rings. The molecule has 2 amide bonds. The van der Waals surface area contributed by atoms with Crippen LogP contribution in [0.4, 0.5) is 4.79 Å². The summed E-state index contributed by atoms with van der Waals surface area (Å²) in [6.45, 7) is 10.5. The van der Waals surface area contributed by atoms with Crippen LogP contribution in [0, 0.1) is 5.41 Å². The number of benzene rings is 2. The van der Waals surface area contributed by atoms with Gasteiger partial charge in [0.15, 0.2) is 0 Å². The molecule has 0 fully saturated rings. The lowest BCUT2D eigenvalue weighted by Crippen LogP contribution is -2.50. The van der Waals surface area contributed by atoms with E-state index in [0.717, 1.165) is 28.7 Å². The molecule has 0 aromatic heterocycles. The Labute approximate surface area is 220 Å². The van der Waals surface area contributed by atoms with Gasteiger partial charge in [0.1, 0.15) is 19.3 Å². The third-order valence-electron chi connectivity index (χ3n) is 6.67. The number of hydrogen-bond acceptors (Lipinski definition) is 5. The molecular formula is C30H38N2O5. The predicted octanol–water partition coefficient (Wildman–Crippen LogP) is 5.25. The van der Waals surface area contributed by atoms with E-state index in [-0.39, 0.29) is 36.9 Å². The summed E-state index contributed by atoms with van der Waals surface area (Å²) in [7, 11) is 3.17. The summed E-state index contributed by atoms with van der Waals surface area (Å²) in [5.41, 5.74) is 4.49. The fourth-order valence-corrected chi connectivity index (χ4v) is 4.45. The molecule has 1 atom stereocenters. The highest BCUT2D eigenvalue weighted by Gasteiger charge is 2.35. The molecule has 198 valence electrons. The van der Waals surface area contributed by atoms with Crippen molar-refractivity contribution < 1.29 is 23.9 Å². The Balaban J connectivity index is 1.74. The number of carbonyl (C=O) groups is 3. The average Bonchev–Trinajstić information content (AvgIpc) is 3.20. The number of likely N-dealkylation sites (N-methyl/N-ethyl adjacent to an activating group) is 2. The summed E-state index contributed by atoms with van der Waals surface area (Å²) in [5.74, 6) is -1.03. The summed E-state index contributed by atoms with van der Waals surface area (Å²) >= 11 is 0. The molecule has 0 saturated heterocycles. The second kappa shape index (κ2) is 12.1. The van der Waals surface area contributed by atoms with Crippen LogP contribution in [0.15, 0.2) is 61.2 Å². The Kier molecular flexibility index (Phi) is 9.14. The number of fused-ring (bicyclic) bond motifs is 3. The van der Waals surface area contributed by atoms with Gasteiger partial charge in [-0.25, -0.2) is 4.79 Å². The van der Waals surface area contributed by atoms with Gasteiger partial charge in [-0.15, -0.1) is 0 Å². The van der Waals surface area contributed by atoms with Crippen molar-refractivity contribution in [2.75, 3.05) is 33.9 Å². The van der Waals surface area contributed by atoms with Crippen LogP contribution in [0.3, 0.4) is 0 Å². The molecule has 7 nitrogen and oxygen atoms in total. The molecule has 0 N–H and O–H groups in total. The van der Waals surface area contributed by atoms with Crippen LogP contribution < -0.4 is 0 Å². The topological polar surface area (TPSA) is 76.2 Å². The quantitative estimate of drug-likeness (QED) is 0.325. The van der Waals surface area contributed by atoms with Crippen molar-refractivity contribution in [3.63, 3.8) is 0 Å². The van der Waals surface area contributed by atoms with Crippen molar-refractivity contribution >= 4 is 18.0 Å². The van der Waals surface area contributed by atoms with Crippen LogP contribution in [0.2, 0.25) is 0 Å². The molecule has 0 spiro atoms. The fraction of sp³-hybridized carbons (Fsp3) is 0.433. The van der Waals surface area contributed by atoms with Crippen molar-refractivity contribution in [3.05, 3.63) is 72.3 Å². The Hall–Kier alpha value is -3.61. The van der Waals surface area contributed by atoms with Crippen LogP contribution in [-0.4, -0.2) is 67.7 Å². The molecular weight excluding hydrogens is 468 g/mol. The van der Waals surface area contributed by atoms with Gasteiger partial charge in [0, 0.05) is 26.6 Å². The van der Waals surface area contributed by atoms with Crippen molar-refractivity contribution in [2.24, 2.45) is 5.41 Å². The highest BCUT2D eigenvalue weighted by atomic mass is 16.6. The molecule has 7 heteroatoms. The molecule has 0 saturated carbocycles. The summed E-state index contributed by atoms with van der Waals surface area (Å²) in [4.78, 5) is 41.7. The molecule has 37 heavy (non-hydrogen) atoms. The first-order chi connectivity index (χ1) is 17.5. The standard InChI is InChI=1S/C30H38N2O5/c1-7-18-36-27(33)19-26(28(34)31(5)17-16-30(2,3)4)32(6)29(35)37-20-25-23-14-10-8-12-21(23)22-13-9-11-15-24(22)25/h7-15,25-26H,1,16-20H2,2-6H3/t26-/m0/s1. The van der Waals surface area contributed by atoms with Crippen LogP contribution in [0.5, 0.6) is 0 Å². The van der Waals surface area contributed by atoms with E-state index in [4.69, 9.17) is 9.47 Å². The van der Waals surface area contributed by atoms with Gasteiger partial charge in [-0.2, -0.15) is 0 Å². The smallest absolute Gasteiger partial charge is 0.410 e. The summed E-state index contributed by atoms with van der Waals surface area (Å²) < 4.78 is 10.8. The number of amides is 2. The Morgan fingerprint density at radius 2 is 1.54 bits per heavy atom. The molecule has 0 unspecified atom stereocenters. The SMILES string of the molecule is C=CCOC(=O)C[C@@H](C(=O)N(C)CCC(C)(C)C)N(C)C(=O)OCC1c2ccccc2-c2ccccc21. The monoisotopic (exact) mass is 506 g/mol. The molecule has 1 aliphatic carbocycles. The summed E-state index contributed by atoms with van der Waals surface area (Å²) in [6, 6.07) is 15.1. The molecule has 0 heterocycles. The molecule has 2 aromatic carbocycles. The Morgan fingerprint density at radius 1 is 0.973 bits per heavy atom. The highest BCUT2D eigenvalue weighted by Crippen LogP contribution is 2.44. The maximum Gasteiger partial charge on any atom is 0.410 e. The van der Waals surface area contributed by atoms with E-state index >= 15 is 0 Å². The van der Waals surface area contributed by atoms with E-state index in [1.165, 1.54) is 18.0 Å². The zero-order valence-electron chi connectivity index (χ0n) is 22.5. The number of carbonyl (C=O) groups excluding carboxylic acids is 3. The van der Waals surface area contributed by atoms with E-state index in [1.54, 1.807) is 11.9 Å². The van der Waals surface area contributed by atoms with Gasteiger partial charge in [-0.3, -0.25) is 14.5 Å². The first-order valence-electron chi connectivity index (χ1n) is 12.6. The van der Waals surface area contributed by atoms with Crippen LogP contribution in [-0.2, 0) is 19.1 Å². The molecule has 3 rings (SSSR count). The second-order valence-electron chi connectivity index (χ2n) is 10.7. The number of esters is 1. The van der Waals surface area contributed by atoms with E-state index in [0.29, 0.717) is 6.54 Å². The Morgan fingerprint density at radius 3 is 2.08 bits per heavy atom. The maximum atomic E-state index is 13.4. The van der Waals surface area contributed by atoms with Gasteiger partial charge in [0.25, 0.3) is 0 Å². The van der Waals surface area contributed by atoms with Gasteiger partial charge in [-0.1, -0.05) is 82.0 Å². The second-order valence-corrected chi connectivity index (χ2v) is 10.7. The summed E-state index contributed by atoms with van der Waals surface area (Å²) in [6.07, 6.45) is 1.30. The third kappa shape index (κ3) is 7.00. The van der Waals surface area contributed by atoms with Gasteiger partial charge in [-0.05, 0) is 34.1 Å². The average molecular weight is 507 g/mol.